The van der Waals surface area contributed by atoms with Crippen molar-refractivity contribution in [3.8, 4) is 5.88 Å². The Bertz CT molecular complexity index is 750. The number of fused-ring (bicyclic) bond motifs is 2. The van der Waals surface area contributed by atoms with Gasteiger partial charge in [0.25, 0.3) is 5.88 Å². The van der Waals surface area contributed by atoms with Crippen LogP contribution in [-0.4, -0.2) is 16.0 Å². The fraction of sp³-hybridized carbons (Fsp3) is 0.333. The number of carbonyl (C=O) groups is 1. The molecular weight excluding hydrogens is 294 g/mol. The Labute approximate surface area is 133 Å². The van der Waals surface area contributed by atoms with Gasteiger partial charge in [-0.15, -0.1) is 0 Å². The third-order valence-corrected chi connectivity index (χ3v) is 4.63. The van der Waals surface area contributed by atoms with Crippen LogP contribution in [0, 0.1) is 11.8 Å². The normalized spacial score (nSPS) is 25.8. The maximum atomic E-state index is 12.1. The summed E-state index contributed by atoms with van der Waals surface area (Å²) >= 11 is 0. The van der Waals surface area contributed by atoms with Crippen molar-refractivity contribution in [3.63, 3.8) is 0 Å². The molecule has 2 aliphatic rings. The molecule has 2 unspecified atom stereocenters. The summed E-state index contributed by atoms with van der Waals surface area (Å²) in [6, 6.07) is 9.71. The van der Waals surface area contributed by atoms with E-state index in [1.165, 1.54) is 0 Å². The molecule has 0 spiro atoms. The smallest absolute Gasteiger partial charge is 0.260 e. The highest BCUT2D eigenvalue weighted by molar-refractivity contribution is 5.93. The van der Waals surface area contributed by atoms with E-state index < -0.39 is 12.0 Å². The first kappa shape index (κ1) is 14.2. The van der Waals surface area contributed by atoms with Crippen molar-refractivity contribution < 1.29 is 19.2 Å². The van der Waals surface area contributed by atoms with Crippen molar-refractivity contribution in [2.45, 2.75) is 25.6 Å². The lowest BCUT2D eigenvalue weighted by Gasteiger charge is -2.34. The van der Waals surface area contributed by atoms with Crippen LogP contribution in [0.2, 0.25) is 0 Å². The molecule has 118 valence electrons. The third kappa shape index (κ3) is 2.47. The lowest BCUT2D eigenvalue weighted by Crippen LogP contribution is -2.36. The molecule has 1 N–H and O–H groups in total. The SMILES string of the molecule is O=C1C=CC[C@H]2Cc3onc(OCc4ccccc4)c3C(O)C12. The highest BCUT2D eigenvalue weighted by Gasteiger charge is 2.44. The van der Waals surface area contributed by atoms with Gasteiger partial charge in [0.2, 0.25) is 0 Å². The van der Waals surface area contributed by atoms with E-state index in [4.69, 9.17) is 9.26 Å². The average Bonchev–Trinajstić information content (AvgIpc) is 2.97. The molecule has 5 nitrogen and oxygen atoms in total. The summed E-state index contributed by atoms with van der Waals surface area (Å²) in [4.78, 5) is 12.1. The zero-order valence-corrected chi connectivity index (χ0v) is 12.5. The van der Waals surface area contributed by atoms with Crippen LogP contribution in [0.1, 0.15) is 29.4 Å². The summed E-state index contributed by atoms with van der Waals surface area (Å²) in [7, 11) is 0. The van der Waals surface area contributed by atoms with Gasteiger partial charge in [0, 0.05) is 6.42 Å². The Kier molecular flexibility index (Phi) is 3.50. The monoisotopic (exact) mass is 311 g/mol. The second kappa shape index (κ2) is 5.66. The molecule has 0 radical (unpaired) electrons. The standard InChI is InChI=1S/C18H17NO4/c20-13-8-4-7-12-9-14-16(17(21)15(12)13)18(19-23-14)22-10-11-5-2-1-3-6-11/h1-6,8,12,15,17,21H,7,9-10H2/t12-,15?,17?/m0/s1. The summed E-state index contributed by atoms with van der Waals surface area (Å²) in [5.74, 6) is 0.535. The Balaban J connectivity index is 1.59. The number of aliphatic hydroxyl groups is 1. The zero-order valence-electron chi connectivity index (χ0n) is 12.5. The van der Waals surface area contributed by atoms with Gasteiger partial charge in [0.1, 0.15) is 12.4 Å². The molecule has 1 aromatic heterocycles. The van der Waals surface area contributed by atoms with E-state index in [0.29, 0.717) is 24.4 Å². The second-order valence-corrected chi connectivity index (χ2v) is 6.07. The molecule has 0 amide bonds. The number of hydrogen-bond donors (Lipinski definition) is 1. The Morgan fingerprint density at radius 2 is 2.13 bits per heavy atom. The van der Waals surface area contributed by atoms with Crippen molar-refractivity contribution in [3.05, 3.63) is 59.4 Å². The number of ketones is 1. The number of hydrogen-bond acceptors (Lipinski definition) is 5. The molecule has 0 fully saturated rings. The minimum atomic E-state index is -0.918. The van der Waals surface area contributed by atoms with E-state index in [-0.39, 0.29) is 17.6 Å². The van der Waals surface area contributed by atoms with E-state index in [2.05, 4.69) is 5.16 Å². The van der Waals surface area contributed by atoms with E-state index in [1.54, 1.807) is 6.08 Å². The predicted molar refractivity (Wildman–Crippen MR) is 81.7 cm³/mol. The molecule has 0 saturated heterocycles. The van der Waals surface area contributed by atoms with Gasteiger partial charge in [-0.2, -0.15) is 0 Å². The zero-order chi connectivity index (χ0) is 15.8. The highest BCUT2D eigenvalue weighted by Crippen LogP contribution is 2.45. The van der Waals surface area contributed by atoms with E-state index in [1.807, 2.05) is 36.4 Å². The van der Waals surface area contributed by atoms with Gasteiger partial charge in [0.05, 0.1) is 17.6 Å². The summed E-state index contributed by atoms with van der Waals surface area (Å²) in [5, 5.41) is 14.6. The Morgan fingerprint density at radius 3 is 2.96 bits per heavy atom. The van der Waals surface area contributed by atoms with E-state index >= 15 is 0 Å². The van der Waals surface area contributed by atoms with Crippen LogP contribution in [-0.2, 0) is 17.8 Å². The maximum absolute atomic E-state index is 12.1. The summed E-state index contributed by atoms with van der Waals surface area (Å²) in [5.41, 5.74) is 1.54. The second-order valence-electron chi connectivity index (χ2n) is 6.07. The molecule has 0 saturated carbocycles. The summed E-state index contributed by atoms with van der Waals surface area (Å²) < 4.78 is 11.1. The molecule has 23 heavy (non-hydrogen) atoms. The fourth-order valence-electron chi connectivity index (χ4n) is 3.47. The summed E-state index contributed by atoms with van der Waals surface area (Å²) in [6.07, 6.45) is 3.89. The first-order chi connectivity index (χ1) is 11.2. The van der Waals surface area contributed by atoms with Gasteiger partial charge < -0.3 is 14.4 Å². The number of carbonyl (C=O) groups excluding carboxylic acids is 1. The van der Waals surface area contributed by atoms with Crippen molar-refractivity contribution in [2.75, 3.05) is 0 Å². The highest BCUT2D eigenvalue weighted by atomic mass is 16.5. The number of ether oxygens (including phenoxy) is 1. The van der Waals surface area contributed by atoms with Gasteiger partial charge in [0.15, 0.2) is 5.78 Å². The number of nitrogens with zero attached hydrogens (tertiary/aromatic N) is 1. The van der Waals surface area contributed by atoms with Gasteiger partial charge in [-0.05, 0) is 29.1 Å². The van der Waals surface area contributed by atoms with Crippen molar-refractivity contribution in [2.24, 2.45) is 11.8 Å². The molecule has 4 rings (SSSR count). The van der Waals surface area contributed by atoms with Crippen molar-refractivity contribution in [1.82, 2.24) is 5.16 Å². The van der Waals surface area contributed by atoms with Crippen LogP contribution in [0.5, 0.6) is 5.88 Å². The van der Waals surface area contributed by atoms with Crippen LogP contribution in [0.4, 0.5) is 0 Å². The molecule has 3 atom stereocenters. The quantitative estimate of drug-likeness (QED) is 0.943. The Morgan fingerprint density at radius 1 is 1.30 bits per heavy atom. The molecule has 0 bridgehead atoms. The largest absolute Gasteiger partial charge is 0.470 e. The van der Waals surface area contributed by atoms with Crippen molar-refractivity contribution >= 4 is 5.78 Å². The van der Waals surface area contributed by atoms with Crippen LogP contribution in [0.15, 0.2) is 47.0 Å². The van der Waals surface area contributed by atoms with E-state index in [0.717, 1.165) is 12.0 Å². The number of aliphatic hydroxyl groups excluding tert-OH is 1. The molecule has 0 aliphatic heterocycles. The molecule has 1 heterocycles. The minimum Gasteiger partial charge on any atom is -0.470 e. The van der Waals surface area contributed by atoms with Gasteiger partial charge in [-0.3, -0.25) is 4.79 Å². The summed E-state index contributed by atoms with van der Waals surface area (Å²) in [6.45, 7) is 0.342. The van der Waals surface area contributed by atoms with E-state index in [9.17, 15) is 9.90 Å². The minimum absolute atomic E-state index is 0.0328. The Hall–Kier alpha value is -2.40. The van der Waals surface area contributed by atoms with Crippen LogP contribution < -0.4 is 4.74 Å². The maximum Gasteiger partial charge on any atom is 0.260 e. The van der Waals surface area contributed by atoms with Crippen molar-refractivity contribution in [1.29, 1.82) is 0 Å². The van der Waals surface area contributed by atoms with Crippen LogP contribution >= 0.6 is 0 Å². The fourth-order valence-corrected chi connectivity index (χ4v) is 3.47. The topological polar surface area (TPSA) is 72.6 Å². The number of rotatable bonds is 3. The molecule has 2 aliphatic carbocycles. The lowest BCUT2D eigenvalue weighted by molar-refractivity contribution is -0.125. The van der Waals surface area contributed by atoms with Gasteiger partial charge in [-0.25, -0.2) is 0 Å². The predicted octanol–water partition coefficient (Wildman–Crippen LogP) is 2.60. The van der Waals surface area contributed by atoms with Crippen LogP contribution in [0.25, 0.3) is 0 Å². The number of benzene rings is 1. The number of allylic oxidation sites excluding steroid dienone is 2. The first-order valence-electron chi connectivity index (χ1n) is 7.77. The lowest BCUT2D eigenvalue weighted by atomic mass is 9.71. The van der Waals surface area contributed by atoms with Gasteiger partial charge in [-0.1, -0.05) is 36.4 Å². The first-order valence-corrected chi connectivity index (χ1v) is 7.77. The molecular formula is C18H17NO4. The average molecular weight is 311 g/mol. The van der Waals surface area contributed by atoms with Gasteiger partial charge >= 0.3 is 0 Å². The van der Waals surface area contributed by atoms with Crippen LogP contribution in [0.3, 0.4) is 0 Å². The molecule has 2 aromatic rings. The molecule has 5 heteroatoms. The third-order valence-electron chi connectivity index (χ3n) is 4.63. The number of aromatic nitrogens is 1. The molecule has 1 aromatic carbocycles.